The summed E-state index contributed by atoms with van der Waals surface area (Å²) in [4.78, 5) is 0.495. The molecule has 0 heterocycles. The Hall–Kier alpha value is -0.980. The predicted molar refractivity (Wildman–Crippen MR) is 88.5 cm³/mol. The zero-order valence-electron chi connectivity index (χ0n) is 12.2. The van der Waals surface area contributed by atoms with Gasteiger partial charge in [-0.3, -0.25) is 0 Å². The second kappa shape index (κ2) is 6.42. The van der Waals surface area contributed by atoms with Gasteiger partial charge < -0.3 is 5.73 Å². The van der Waals surface area contributed by atoms with Gasteiger partial charge in [0, 0.05) is 0 Å². The van der Waals surface area contributed by atoms with Crippen molar-refractivity contribution in [1.82, 2.24) is 4.72 Å². The van der Waals surface area contributed by atoms with Crippen LogP contribution in [0.4, 0.5) is 0 Å². The first-order valence-electron chi connectivity index (χ1n) is 7.28. The SMILES string of the molecule is CCC1CCC(NS(=O)(=O)c2ccccc2)(C(N)=S)CC1. The number of nitrogens with one attached hydrogen (secondary N) is 1. The smallest absolute Gasteiger partial charge is 0.241 e. The Labute approximate surface area is 132 Å². The minimum Gasteiger partial charge on any atom is -0.392 e. The molecule has 0 amide bonds. The van der Waals surface area contributed by atoms with Crippen molar-refractivity contribution in [2.45, 2.75) is 49.5 Å². The molecule has 2 rings (SSSR count). The zero-order chi connectivity index (χ0) is 15.5. The Kier molecular flexibility index (Phi) is 5.01. The van der Waals surface area contributed by atoms with Crippen LogP contribution in [0, 0.1) is 5.92 Å². The third-order valence-electron chi connectivity index (χ3n) is 4.39. The van der Waals surface area contributed by atoms with Crippen molar-refractivity contribution >= 4 is 27.2 Å². The molecule has 1 aliphatic carbocycles. The van der Waals surface area contributed by atoms with E-state index in [2.05, 4.69) is 11.6 Å². The highest BCUT2D eigenvalue weighted by Crippen LogP contribution is 2.35. The fraction of sp³-hybridized carbons (Fsp3) is 0.533. The summed E-state index contributed by atoms with van der Waals surface area (Å²) in [5, 5.41) is 0. The van der Waals surface area contributed by atoms with E-state index < -0.39 is 15.6 Å². The molecule has 1 aromatic carbocycles. The summed E-state index contributed by atoms with van der Waals surface area (Å²) >= 11 is 5.17. The molecule has 0 saturated heterocycles. The van der Waals surface area contributed by atoms with E-state index in [0.717, 1.165) is 19.3 Å². The van der Waals surface area contributed by atoms with Gasteiger partial charge in [-0.15, -0.1) is 0 Å². The van der Waals surface area contributed by atoms with E-state index in [-0.39, 0.29) is 9.88 Å². The van der Waals surface area contributed by atoms with Crippen molar-refractivity contribution in [3.8, 4) is 0 Å². The molecular weight excluding hydrogens is 304 g/mol. The van der Waals surface area contributed by atoms with E-state index in [1.165, 1.54) is 0 Å². The second-order valence-corrected chi connectivity index (χ2v) is 7.84. The summed E-state index contributed by atoms with van der Waals surface area (Å²) < 4.78 is 27.8. The van der Waals surface area contributed by atoms with Gasteiger partial charge in [0.05, 0.1) is 15.4 Å². The second-order valence-electron chi connectivity index (χ2n) is 5.72. The van der Waals surface area contributed by atoms with E-state index in [4.69, 9.17) is 18.0 Å². The Morgan fingerprint density at radius 2 is 1.90 bits per heavy atom. The number of nitrogens with two attached hydrogens (primary N) is 1. The topological polar surface area (TPSA) is 72.2 Å². The van der Waals surface area contributed by atoms with Crippen LogP contribution in [0.2, 0.25) is 0 Å². The minimum absolute atomic E-state index is 0.247. The van der Waals surface area contributed by atoms with Crippen molar-refractivity contribution in [1.29, 1.82) is 0 Å². The number of rotatable bonds is 5. The molecule has 0 aliphatic heterocycles. The summed E-state index contributed by atoms with van der Waals surface area (Å²) in [6.07, 6.45) is 4.36. The van der Waals surface area contributed by atoms with Crippen LogP contribution in [0.5, 0.6) is 0 Å². The molecular formula is C15H22N2O2S2. The van der Waals surface area contributed by atoms with E-state index in [1.807, 2.05) is 0 Å². The van der Waals surface area contributed by atoms with E-state index in [0.29, 0.717) is 18.8 Å². The monoisotopic (exact) mass is 326 g/mol. The lowest BCUT2D eigenvalue weighted by Gasteiger charge is -2.39. The lowest BCUT2D eigenvalue weighted by atomic mass is 9.76. The first-order chi connectivity index (χ1) is 9.89. The number of thiocarbonyl (C=S) groups is 1. The quantitative estimate of drug-likeness (QED) is 0.816. The molecule has 0 bridgehead atoms. The van der Waals surface area contributed by atoms with Crippen LogP contribution in [0.1, 0.15) is 39.0 Å². The minimum atomic E-state index is -3.61. The van der Waals surface area contributed by atoms with Crippen LogP contribution in [-0.4, -0.2) is 18.9 Å². The number of sulfonamides is 1. The summed E-state index contributed by atoms with van der Waals surface area (Å²) in [6, 6.07) is 8.35. The summed E-state index contributed by atoms with van der Waals surface area (Å²) in [5.74, 6) is 0.633. The fourth-order valence-corrected chi connectivity index (χ4v) is 4.67. The van der Waals surface area contributed by atoms with Crippen molar-refractivity contribution in [3.05, 3.63) is 30.3 Å². The summed E-state index contributed by atoms with van der Waals surface area (Å²) in [6.45, 7) is 2.16. The molecule has 1 fully saturated rings. The molecule has 0 atom stereocenters. The van der Waals surface area contributed by atoms with Gasteiger partial charge in [0.1, 0.15) is 0 Å². The molecule has 1 aliphatic rings. The molecule has 0 unspecified atom stereocenters. The Morgan fingerprint density at radius 1 is 1.33 bits per heavy atom. The number of hydrogen-bond acceptors (Lipinski definition) is 3. The molecule has 4 nitrogen and oxygen atoms in total. The zero-order valence-corrected chi connectivity index (χ0v) is 13.8. The van der Waals surface area contributed by atoms with Gasteiger partial charge in [0.2, 0.25) is 10.0 Å². The van der Waals surface area contributed by atoms with Gasteiger partial charge in [-0.25, -0.2) is 8.42 Å². The maximum Gasteiger partial charge on any atom is 0.241 e. The summed E-state index contributed by atoms with van der Waals surface area (Å²) in [7, 11) is -3.61. The molecule has 6 heteroatoms. The van der Waals surface area contributed by atoms with Crippen LogP contribution in [0.25, 0.3) is 0 Å². The Bertz CT molecular complexity index is 591. The third-order valence-corrected chi connectivity index (χ3v) is 6.33. The molecule has 3 N–H and O–H groups in total. The van der Waals surface area contributed by atoms with E-state index >= 15 is 0 Å². The molecule has 21 heavy (non-hydrogen) atoms. The Morgan fingerprint density at radius 3 is 2.38 bits per heavy atom. The first kappa shape index (κ1) is 16.4. The predicted octanol–water partition coefficient (Wildman–Crippen LogP) is 2.59. The maximum atomic E-state index is 12.5. The van der Waals surface area contributed by atoms with Gasteiger partial charge >= 0.3 is 0 Å². The van der Waals surface area contributed by atoms with Gasteiger partial charge in [0.25, 0.3) is 0 Å². The highest BCUT2D eigenvalue weighted by atomic mass is 32.2. The third kappa shape index (κ3) is 3.62. The number of hydrogen-bond donors (Lipinski definition) is 2. The molecule has 0 spiro atoms. The highest BCUT2D eigenvalue weighted by Gasteiger charge is 2.41. The van der Waals surface area contributed by atoms with Crippen molar-refractivity contribution in [3.63, 3.8) is 0 Å². The van der Waals surface area contributed by atoms with Gasteiger partial charge in [-0.2, -0.15) is 4.72 Å². The first-order valence-corrected chi connectivity index (χ1v) is 9.18. The lowest BCUT2D eigenvalue weighted by Crippen LogP contribution is -2.58. The van der Waals surface area contributed by atoms with Crippen LogP contribution in [0.15, 0.2) is 35.2 Å². The van der Waals surface area contributed by atoms with Crippen LogP contribution in [0.3, 0.4) is 0 Å². The fourth-order valence-electron chi connectivity index (χ4n) is 2.89. The van der Waals surface area contributed by atoms with E-state index in [1.54, 1.807) is 30.3 Å². The van der Waals surface area contributed by atoms with Crippen molar-refractivity contribution in [2.75, 3.05) is 0 Å². The van der Waals surface area contributed by atoms with Crippen molar-refractivity contribution in [2.24, 2.45) is 11.7 Å². The van der Waals surface area contributed by atoms with Gasteiger partial charge in [0.15, 0.2) is 0 Å². The molecule has 116 valence electrons. The van der Waals surface area contributed by atoms with E-state index in [9.17, 15) is 8.42 Å². The number of benzene rings is 1. The summed E-state index contributed by atoms with van der Waals surface area (Å²) in [5.41, 5.74) is 5.10. The van der Waals surface area contributed by atoms with Gasteiger partial charge in [-0.1, -0.05) is 43.8 Å². The molecule has 1 saturated carbocycles. The van der Waals surface area contributed by atoms with Crippen molar-refractivity contribution < 1.29 is 8.42 Å². The molecule has 0 radical (unpaired) electrons. The van der Waals surface area contributed by atoms with Crippen LogP contribution < -0.4 is 10.5 Å². The molecule has 0 aromatic heterocycles. The lowest BCUT2D eigenvalue weighted by molar-refractivity contribution is 0.269. The standard InChI is InChI=1S/C15H22N2O2S2/c1-2-12-8-10-15(11-9-12,14(16)20)17-21(18,19)13-6-4-3-5-7-13/h3-7,12,17H,2,8-11H2,1H3,(H2,16,20). The normalized spacial score (nSPS) is 26.4. The highest BCUT2D eigenvalue weighted by molar-refractivity contribution is 7.89. The maximum absolute atomic E-state index is 12.5. The van der Waals surface area contributed by atoms with Crippen LogP contribution in [-0.2, 0) is 10.0 Å². The van der Waals surface area contributed by atoms with Gasteiger partial charge in [-0.05, 0) is 43.7 Å². The average Bonchev–Trinajstić information content (AvgIpc) is 2.48. The van der Waals surface area contributed by atoms with Crippen LogP contribution >= 0.6 is 12.2 Å². The largest absolute Gasteiger partial charge is 0.392 e. The average molecular weight is 326 g/mol. The Balaban J connectivity index is 2.24. The molecule has 1 aromatic rings.